The van der Waals surface area contributed by atoms with E-state index < -0.39 is 0 Å². The minimum absolute atomic E-state index is 0.581. The molecule has 0 bridgehead atoms. The first kappa shape index (κ1) is 23.5. The SMILES string of the molecule is CCNC(=NCc1cccc(COCc2ccccc2)c1)NCc1c(CC)noc1CC. The Morgan fingerprint density at radius 3 is 2.41 bits per heavy atom. The van der Waals surface area contributed by atoms with Crippen LogP contribution in [0.25, 0.3) is 0 Å². The number of aryl methyl sites for hydroxylation is 2. The predicted molar refractivity (Wildman–Crippen MR) is 128 cm³/mol. The summed E-state index contributed by atoms with van der Waals surface area (Å²) in [6.45, 7) is 9.47. The Morgan fingerprint density at radius 2 is 1.66 bits per heavy atom. The summed E-state index contributed by atoms with van der Waals surface area (Å²) >= 11 is 0. The first-order valence-electron chi connectivity index (χ1n) is 11.4. The number of aromatic nitrogens is 1. The van der Waals surface area contributed by atoms with Gasteiger partial charge in [-0.1, -0.05) is 73.6 Å². The van der Waals surface area contributed by atoms with E-state index in [4.69, 9.17) is 14.3 Å². The van der Waals surface area contributed by atoms with Gasteiger partial charge in [0.2, 0.25) is 0 Å². The van der Waals surface area contributed by atoms with Gasteiger partial charge in [-0.05, 0) is 30.0 Å². The molecule has 6 heteroatoms. The summed E-state index contributed by atoms with van der Waals surface area (Å²) < 4.78 is 11.3. The third-order valence-corrected chi connectivity index (χ3v) is 5.18. The van der Waals surface area contributed by atoms with Crippen molar-refractivity contribution in [1.29, 1.82) is 0 Å². The molecule has 0 saturated heterocycles. The molecule has 3 aromatic rings. The molecule has 0 atom stereocenters. The van der Waals surface area contributed by atoms with Gasteiger partial charge in [-0.2, -0.15) is 0 Å². The van der Waals surface area contributed by atoms with Crippen molar-refractivity contribution in [3.05, 3.63) is 88.3 Å². The van der Waals surface area contributed by atoms with Gasteiger partial charge in [0, 0.05) is 25.1 Å². The van der Waals surface area contributed by atoms with Gasteiger partial charge in [0.25, 0.3) is 0 Å². The highest BCUT2D eigenvalue weighted by Crippen LogP contribution is 2.15. The Balaban J connectivity index is 1.57. The Labute approximate surface area is 191 Å². The molecular formula is C26H34N4O2. The second-order valence-corrected chi connectivity index (χ2v) is 7.59. The molecule has 0 spiro atoms. The van der Waals surface area contributed by atoms with Crippen LogP contribution in [0.2, 0.25) is 0 Å². The molecule has 0 amide bonds. The fraction of sp³-hybridized carbons (Fsp3) is 0.385. The first-order chi connectivity index (χ1) is 15.7. The summed E-state index contributed by atoms with van der Waals surface area (Å²) in [6, 6.07) is 18.6. The van der Waals surface area contributed by atoms with Crippen molar-refractivity contribution < 1.29 is 9.26 Å². The number of guanidine groups is 1. The Morgan fingerprint density at radius 1 is 0.906 bits per heavy atom. The maximum absolute atomic E-state index is 5.87. The summed E-state index contributed by atoms with van der Waals surface area (Å²) in [6.07, 6.45) is 1.68. The van der Waals surface area contributed by atoms with Crippen LogP contribution in [0, 0.1) is 0 Å². The van der Waals surface area contributed by atoms with Crippen LogP contribution in [0.3, 0.4) is 0 Å². The van der Waals surface area contributed by atoms with Crippen molar-refractivity contribution >= 4 is 5.96 Å². The zero-order valence-electron chi connectivity index (χ0n) is 19.4. The summed E-state index contributed by atoms with van der Waals surface area (Å²) in [4.78, 5) is 4.77. The Kier molecular flexibility index (Phi) is 9.32. The number of hydrogen-bond acceptors (Lipinski definition) is 4. The highest BCUT2D eigenvalue weighted by Gasteiger charge is 2.13. The van der Waals surface area contributed by atoms with Crippen LogP contribution in [-0.4, -0.2) is 17.7 Å². The standard InChI is InChI=1S/C26H34N4O2/c1-4-24-23(25(5-2)32-30-24)17-29-26(27-6-3)28-16-21-13-10-14-22(15-21)19-31-18-20-11-8-7-9-12-20/h7-15H,4-6,16-19H2,1-3H3,(H2,27,28,29). The van der Waals surface area contributed by atoms with E-state index in [1.807, 2.05) is 18.2 Å². The minimum atomic E-state index is 0.581. The van der Waals surface area contributed by atoms with Gasteiger partial charge in [0.1, 0.15) is 5.76 Å². The molecule has 0 unspecified atom stereocenters. The van der Waals surface area contributed by atoms with E-state index in [9.17, 15) is 0 Å². The molecule has 0 aliphatic rings. The van der Waals surface area contributed by atoms with Crippen LogP contribution < -0.4 is 10.6 Å². The molecule has 1 heterocycles. The number of hydrogen-bond donors (Lipinski definition) is 2. The third-order valence-electron chi connectivity index (χ3n) is 5.18. The second kappa shape index (κ2) is 12.7. The highest BCUT2D eigenvalue weighted by molar-refractivity contribution is 5.79. The minimum Gasteiger partial charge on any atom is -0.372 e. The lowest BCUT2D eigenvalue weighted by Crippen LogP contribution is -2.37. The maximum Gasteiger partial charge on any atom is 0.191 e. The van der Waals surface area contributed by atoms with Crippen LogP contribution in [0.1, 0.15) is 54.5 Å². The van der Waals surface area contributed by atoms with Crippen molar-refractivity contribution in [1.82, 2.24) is 15.8 Å². The fourth-order valence-corrected chi connectivity index (χ4v) is 3.50. The van der Waals surface area contributed by atoms with Gasteiger partial charge in [-0.25, -0.2) is 4.99 Å². The van der Waals surface area contributed by atoms with Gasteiger partial charge < -0.3 is 19.9 Å². The number of aliphatic imine (C=N–C) groups is 1. The lowest BCUT2D eigenvalue weighted by Gasteiger charge is -2.12. The van der Waals surface area contributed by atoms with Crippen molar-refractivity contribution in [2.24, 2.45) is 4.99 Å². The molecule has 2 aromatic carbocycles. The third kappa shape index (κ3) is 6.95. The van der Waals surface area contributed by atoms with Gasteiger partial charge in [0.05, 0.1) is 25.5 Å². The molecule has 32 heavy (non-hydrogen) atoms. The normalized spacial score (nSPS) is 11.5. The lowest BCUT2D eigenvalue weighted by molar-refractivity contribution is 0.107. The number of nitrogens with one attached hydrogen (secondary N) is 2. The van der Waals surface area contributed by atoms with Crippen molar-refractivity contribution in [3.8, 4) is 0 Å². The number of ether oxygens (including phenoxy) is 1. The molecule has 0 radical (unpaired) electrons. The van der Waals surface area contributed by atoms with Crippen molar-refractivity contribution in [3.63, 3.8) is 0 Å². The van der Waals surface area contributed by atoms with Crippen LogP contribution in [-0.2, 0) is 43.9 Å². The molecule has 0 aliphatic carbocycles. The molecule has 0 aliphatic heterocycles. The maximum atomic E-state index is 5.87. The monoisotopic (exact) mass is 434 g/mol. The van der Waals surface area contributed by atoms with Gasteiger partial charge >= 0.3 is 0 Å². The smallest absolute Gasteiger partial charge is 0.191 e. The molecule has 6 nitrogen and oxygen atoms in total. The zero-order valence-corrected chi connectivity index (χ0v) is 19.4. The average Bonchev–Trinajstić information content (AvgIpc) is 3.24. The molecule has 2 N–H and O–H groups in total. The van der Waals surface area contributed by atoms with E-state index in [0.29, 0.717) is 26.3 Å². The summed E-state index contributed by atoms with van der Waals surface area (Å²) in [5, 5.41) is 10.9. The van der Waals surface area contributed by atoms with Crippen LogP contribution >= 0.6 is 0 Å². The van der Waals surface area contributed by atoms with E-state index in [1.165, 1.54) is 5.56 Å². The lowest BCUT2D eigenvalue weighted by atomic mass is 10.1. The van der Waals surface area contributed by atoms with E-state index in [-0.39, 0.29) is 0 Å². The van der Waals surface area contributed by atoms with Crippen molar-refractivity contribution in [2.75, 3.05) is 6.54 Å². The molecular weight excluding hydrogens is 400 g/mol. The zero-order chi connectivity index (χ0) is 22.6. The number of benzene rings is 2. The summed E-state index contributed by atoms with van der Waals surface area (Å²) in [7, 11) is 0. The van der Waals surface area contributed by atoms with E-state index >= 15 is 0 Å². The van der Waals surface area contributed by atoms with Crippen molar-refractivity contribution in [2.45, 2.75) is 59.9 Å². The van der Waals surface area contributed by atoms with E-state index in [2.05, 4.69) is 73.0 Å². The topological polar surface area (TPSA) is 71.7 Å². The molecule has 0 saturated carbocycles. The Bertz CT molecular complexity index is 961. The Hall–Kier alpha value is -3.12. The van der Waals surface area contributed by atoms with Gasteiger partial charge in [0.15, 0.2) is 5.96 Å². The van der Waals surface area contributed by atoms with E-state index in [1.54, 1.807) is 0 Å². The van der Waals surface area contributed by atoms with Gasteiger partial charge in [-0.15, -0.1) is 0 Å². The highest BCUT2D eigenvalue weighted by atomic mass is 16.5. The fourth-order valence-electron chi connectivity index (χ4n) is 3.50. The van der Waals surface area contributed by atoms with Crippen LogP contribution in [0.4, 0.5) is 0 Å². The molecule has 170 valence electrons. The molecule has 1 aromatic heterocycles. The first-order valence-corrected chi connectivity index (χ1v) is 11.4. The van der Waals surface area contributed by atoms with Crippen LogP contribution in [0.15, 0.2) is 64.1 Å². The molecule has 0 fully saturated rings. The van der Waals surface area contributed by atoms with E-state index in [0.717, 1.165) is 53.5 Å². The number of nitrogens with zero attached hydrogens (tertiary/aromatic N) is 2. The van der Waals surface area contributed by atoms with Crippen LogP contribution in [0.5, 0.6) is 0 Å². The predicted octanol–water partition coefficient (Wildman–Crippen LogP) is 4.77. The number of rotatable bonds is 11. The average molecular weight is 435 g/mol. The molecule has 3 rings (SSSR count). The quantitative estimate of drug-likeness (QED) is 0.336. The second-order valence-electron chi connectivity index (χ2n) is 7.59. The largest absolute Gasteiger partial charge is 0.372 e. The van der Waals surface area contributed by atoms with Gasteiger partial charge in [-0.3, -0.25) is 0 Å². The summed E-state index contributed by atoms with van der Waals surface area (Å²) in [5.41, 5.74) is 5.62. The summed E-state index contributed by atoms with van der Waals surface area (Å²) in [5.74, 6) is 1.72.